The predicted octanol–water partition coefficient (Wildman–Crippen LogP) is 1.26. The first-order valence-corrected chi connectivity index (χ1v) is 5.38. The summed E-state index contributed by atoms with van der Waals surface area (Å²) < 4.78 is 0. The van der Waals surface area contributed by atoms with Crippen LogP contribution in [0.3, 0.4) is 0 Å². The first-order valence-electron chi connectivity index (χ1n) is 4.50. The molecule has 0 spiro atoms. The minimum Gasteiger partial charge on any atom is -0.394 e. The highest BCUT2D eigenvalue weighted by Gasteiger charge is 2.33. The third-order valence-corrected chi connectivity index (χ3v) is 3.20. The van der Waals surface area contributed by atoms with E-state index in [1.165, 1.54) is 24.2 Å². The van der Waals surface area contributed by atoms with E-state index >= 15 is 0 Å². The van der Waals surface area contributed by atoms with Crippen molar-refractivity contribution in [2.24, 2.45) is 0 Å². The molecule has 72 valence electrons. The lowest BCUT2D eigenvalue weighted by atomic mass is 10.00. The zero-order valence-corrected chi connectivity index (χ0v) is 8.18. The highest BCUT2D eigenvalue weighted by atomic mass is 32.1. The quantitative estimate of drug-likeness (QED) is 0.769. The predicted molar refractivity (Wildman–Crippen MR) is 51.8 cm³/mol. The van der Waals surface area contributed by atoms with Crippen LogP contribution in [0, 0.1) is 0 Å². The second-order valence-electron chi connectivity index (χ2n) is 3.51. The Labute approximate surface area is 81.0 Å². The second kappa shape index (κ2) is 3.59. The van der Waals surface area contributed by atoms with E-state index in [9.17, 15) is 5.11 Å². The number of anilines is 1. The van der Waals surface area contributed by atoms with Crippen molar-refractivity contribution in [1.82, 2.24) is 10.2 Å². The zero-order valence-electron chi connectivity index (χ0n) is 7.36. The molecule has 1 aliphatic rings. The molecule has 0 amide bonds. The van der Waals surface area contributed by atoms with E-state index in [0.717, 1.165) is 18.0 Å². The molecular formula is C8H13N3OS. The number of aliphatic hydroxyl groups excluding tert-OH is 1. The van der Waals surface area contributed by atoms with Crippen LogP contribution >= 0.6 is 11.3 Å². The van der Waals surface area contributed by atoms with Gasteiger partial charge in [-0.25, -0.2) is 0 Å². The van der Waals surface area contributed by atoms with Crippen LogP contribution in [0.2, 0.25) is 0 Å². The molecular weight excluding hydrogens is 186 g/mol. The summed E-state index contributed by atoms with van der Waals surface area (Å²) in [6.07, 6.45) is 4.44. The molecule has 0 radical (unpaired) electrons. The highest BCUT2D eigenvalue weighted by molar-refractivity contribution is 7.13. The summed E-state index contributed by atoms with van der Waals surface area (Å²) in [7, 11) is 0. The van der Waals surface area contributed by atoms with E-state index in [1.807, 2.05) is 0 Å². The Bertz CT molecular complexity index is 256. The Morgan fingerprint density at radius 2 is 2.31 bits per heavy atom. The average Bonchev–Trinajstić information content (AvgIpc) is 2.77. The van der Waals surface area contributed by atoms with E-state index in [1.54, 1.807) is 5.51 Å². The first kappa shape index (κ1) is 8.90. The number of nitrogens with zero attached hydrogens (tertiary/aromatic N) is 2. The maximum atomic E-state index is 9.31. The van der Waals surface area contributed by atoms with Gasteiger partial charge in [-0.15, -0.1) is 10.2 Å². The fraction of sp³-hybridized carbons (Fsp3) is 0.750. The van der Waals surface area contributed by atoms with Gasteiger partial charge in [-0.05, 0) is 12.8 Å². The van der Waals surface area contributed by atoms with Crippen LogP contribution in [0.15, 0.2) is 5.51 Å². The van der Waals surface area contributed by atoms with Crippen molar-refractivity contribution in [3.05, 3.63) is 5.51 Å². The topological polar surface area (TPSA) is 58.0 Å². The lowest BCUT2D eigenvalue weighted by Gasteiger charge is -2.27. The summed E-state index contributed by atoms with van der Waals surface area (Å²) in [4.78, 5) is 0. The van der Waals surface area contributed by atoms with Gasteiger partial charge < -0.3 is 10.4 Å². The highest BCUT2D eigenvalue weighted by Crippen LogP contribution is 2.32. The van der Waals surface area contributed by atoms with E-state index in [2.05, 4.69) is 15.5 Å². The van der Waals surface area contributed by atoms with Crippen LogP contribution in [0.1, 0.15) is 25.7 Å². The van der Waals surface area contributed by atoms with Gasteiger partial charge in [0.15, 0.2) is 0 Å². The molecule has 1 aromatic heterocycles. The monoisotopic (exact) mass is 199 g/mol. The van der Waals surface area contributed by atoms with Crippen LogP contribution < -0.4 is 5.32 Å². The van der Waals surface area contributed by atoms with Crippen LogP contribution in [-0.4, -0.2) is 27.4 Å². The standard InChI is InChI=1S/C8H13N3OS/c12-5-8(3-1-2-4-8)10-7-11-9-6-13-7/h6,12H,1-5H2,(H,10,11). The Balaban J connectivity index is 2.06. The normalized spacial score (nSPS) is 20.4. The van der Waals surface area contributed by atoms with Gasteiger partial charge in [0.2, 0.25) is 5.13 Å². The maximum Gasteiger partial charge on any atom is 0.205 e. The zero-order chi connectivity index (χ0) is 9.15. The SMILES string of the molecule is OCC1(Nc2nncs2)CCCC1. The number of aliphatic hydroxyl groups is 1. The summed E-state index contributed by atoms with van der Waals surface area (Å²) in [5.41, 5.74) is 1.57. The smallest absolute Gasteiger partial charge is 0.205 e. The fourth-order valence-corrected chi connectivity index (χ4v) is 2.39. The molecule has 0 unspecified atom stereocenters. The minimum atomic E-state index is -0.125. The molecule has 1 saturated carbocycles. The first-order chi connectivity index (χ1) is 6.35. The molecule has 0 aromatic carbocycles. The second-order valence-corrected chi connectivity index (χ2v) is 4.35. The summed E-state index contributed by atoms with van der Waals surface area (Å²) in [6, 6.07) is 0. The van der Waals surface area contributed by atoms with E-state index in [0.29, 0.717) is 0 Å². The van der Waals surface area contributed by atoms with E-state index in [4.69, 9.17) is 0 Å². The van der Waals surface area contributed by atoms with Crippen molar-refractivity contribution in [2.75, 3.05) is 11.9 Å². The largest absolute Gasteiger partial charge is 0.394 e. The van der Waals surface area contributed by atoms with Crippen molar-refractivity contribution >= 4 is 16.5 Å². The van der Waals surface area contributed by atoms with E-state index in [-0.39, 0.29) is 12.1 Å². The lowest BCUT2D eigenvalue weighted by molar-refractivity contribution is 0.214. The van der Waals surface area contributed by atoms with Crippen molar-refractivity contribution in [2.45, 2.75) is 31.2 Å². The molecule has 0 aliphatic heterocycles. The third-order valence-electron chi connectivity index (χ3n) is 2.60. The molecule has 1 fully saturated rings. The lowest BCUT2D eigenvalue weighted by Crippen LogP contribution is -2.38. The van der Waals surface area contributed by atoms with Gasteiger partial charge in [-0.3, -0.25) is 0 Å². The van der Waals surface area contributed by atoms with Gasteiger partial charge in [0.25, 0.3) is 0 Å². The molecule has 1 aromatic rings. The van der Waals surface area contributed by atoms with Crippen molar-refractivity contribution < 1.29 is 5.11 Å². The molecule has 4 nitrogen and oxygen atoms in total. The molecule has 1 heterocycles. The minimum absolute atomic E-state index is 0.125. The van der Waals surface area contributed by atoms with Gasteiger partial charge >= 0.3 is 0 Å². The van der Waals surface area contributed by atoms with Crippen LogP contribution in [0.5, 0.6) is 0 Å². The van der Waals surface area contributed by atoms with Crippen LogP contribution in [0.25, 0.3) is 0 Å². The summed E-state index contributed by atoms with van der Waals surface area (Å²) in [5.74, 6) is 0. The molecule has 0 saturated heterocycles. The van der Waals surface area contributed by atoms with Crippen molar-refractivity contribution in [3.63, 3.8) is 0 Å². The number of aromatic nitrogens is 2. The van der Waals surface area contributed by atoms with Gasteiger partial charge in [-0.1, -0.05) is 24.2 Å². The van der Waals surface area contributed by atoms with Gasteiger partial charge in [-0.2, -0.15) is 0 Å². The Morgan fingerprint density at radius 1 is 1.54 bits per heavy atom. The Kier molecular flexibility index (Phi) is 2.46. The van der Waals surface area contributed by atoms with Gasteiger partial charge in [0.05, 0.1) is 12.1 Å². The summed E-state index contributed by atoms with van der Waals surface area (Å²) in [5, 5.41) is 21.1. The molecule has 0 atom stereocenters. The van der Waals surface area contributed by atoms with Gasteiger partial charge in [0.1, 0.15) is 5.51 Å². The molecule has 1 aliphatic carbocycles. The number of nitrogens with one attached hydrogen (secondary N) is 1. The van der Waals surface area contributed by atoms with Crippen LogP contribution in [0.4, 0.5) is 5.13 Å². The molecule has 2 rings (SSSR count). The molecule has 2 N–H and O–H groups in total. The molecule has 13 heavy (non-hydrogen) atoms. The van der Waals surface area contributed by atoms with Gasteiger partial charge in [0, 0.05) is 0 Å². The fourth-order valence-electron chi connectivity index (χ4n) is 1.83. The number of rotatable bonds is 3. The summed E-state index contributed by atoms with van der Waals surface area (Å²) >= 11 is 1.48. The third kappa shape index (κ3) is 1.81. The maximum absolute atomic E-state index is 9.31. The molecule has 0 bridgehead atoms. The summed E-state index contributed by atoms with van der Waals surface area (Å²) in [6.45, 7) is 0.187. The number of hydrogen-bond acceptors (Lipinski definition) is 5. The molecule has 5 heteroatoms. The van der Waals surface area contributed by atoms with Crippen molar-refractivity contribution in [1.29, 1.82) is 0 Å². The number of hydrogen-bond donors (Lipinski definition) is 2. The van der Waals surface area contributed by atoms with E-state index < -0.39 is 0 Å². The van der Waals surface area contributed by atoms with Crippen molar-refractivity contribution in [3.8, 4) is 0 Å². The average molecular weight is 199 g/mol. The van der Waals surface area contributed by atoms with Crippen LogP contribution in [-0.2, 0) is 0 Å². The Hall–Kier alpha value is -0.680. The Morgan fingerprint density at radius 3 is 2.85 bits per heavy atom.